The molecule has 2 aromatic rings. The van der Waals surface area contributed by atoms with Crippen LogP contribution in [0.2, 0.25) is 0 Å². The number of anilines is 2. The van der Waals surface area contributed by atoms with E-state index in [0.29, 0.717) is 28.0 Å². The van der Waals surface area contributed by atoms with Crippen LogP contribution in [-0.4, -0.2) is 64.2 Å². The van der Waals surface area contributed by atoms with Gasteiger partial charge in [0.15, 0.2) is 11.8 Å². The number of carbonyl (C=O) groups excluding carboxylic acids is 4. The number of hydrogen-bond donors (Lipinski definition) is 2. The van der Waals surface area contributed by atoms with Gasteiger partial charge in [0.2, 0.25) is 11.8 Å². The van der Waals surface area contributed by atoms with Crippen molar-refractivity contribution < 1.29 is 34.1 Å². The van der Waals surface area contributed by atoms with Crippen LogP contribution >= 0.6 is 15.9 Å². The zero-order chi connectivity index (χ0) is 30.2. The number of rotatable bonds is 9. The lowest BCUT2D eigenvalue weighted by molar-refractivity contribution is -0.154. The highest BCUT2D eigenvalue weighted by molar-refractivity contribution is 9.10. The molecule has 0 radical (unpaired) electrons. The van der Waals surface area contributed by atoms with E-state index in [9.17, 15) is 29.4 Å². The van der Waals surface area contributed by atoms with E-state index >= 15 is 0 Å². The van der Waals surface area contributed by atoms with E-state index in [1.165, 1.54) is 16.7 Å². The first kappa shape index (κ1) is 29.9. The number of halogens is 1. The van der Waals surface area contributed by atoms with E-state index in [-0.39, 0.29) is 43.8 Å². The van der Waals surface area contributed by atoms with Crippen LogP contribution in [0.25, 0.3) is 0 Å². The lowest BCUT2D eigenvalue weighted by Gasteiger charge is -2.39. The first-order valence-electron chi connectivity index (χ1n) is 14.0. The van der Waals surface area contributed by atoms with Crippen molar-refractivity contribution in [1.29, 1.82) is 0 Å². The first-order valence-corrected chi connectivity index (χ1v) is 14.8. The largest absolute Gasteiger partial charge is 0.441 e. The summed E-state index contributed by atoms with van der Waals surface area (Å²) in [5.74, 6) is -1.90. The molecule has 2 N–H and O–H groups in total. The predicted molar refractivity (Wildman–Crippen MR) is 158 cm³/mol. The molecule has 0 aliphatic carbocycles. The summed E-state index contributed by atoms with van der Waals surface area (Å²) in [6.07, 6.45) is 4.56. The minimum atomic E-state index is -1.87. The first-order chi connectivity index (χ1) is 20.0. The molecule has 3 amide bonds. The third kappa shape index (κ3) is 5.48. The van der Waals surface area contributed by atoms with Gasteiger partial charge in [0, 0.05) is 41.5 Å². The van der Waals surface area contributed by atoms with Gasteiger partial charge in [-0.15, -0.1) is 0 Å². The third-order valence-electron chi connectivity index (χ3n) is 8.25. The van der Waals surface area contributed by atoms with Crippen LogP contribution in [0.5, 0.6) is 0 Å². The van der Waals surface area contributed by atoms with Crippen LogP contribution in [0.4, 0.5) is 11.4 Å². The van der Waals surface area contributed by atoms with Gasteiger partial charge in [0.05, 0.1) is 31.3 Å². The summed E-state index contributed by atoms with van der Waals surface area (Å²) in [5, 5.41) is 21.5. The van der Waals surface area contributed by atoms with Crippen LogP contribution < -0.4 is 9.80 Å². The molecule has 10 nitrogen and oxygen atoms in total. The van der Waals surface area contributed by atoms with Crippen LogP contribution in [0.1, 0.15) is 50.7 Å². The average Bonchev–Trinajstić information content (AvgIpc) is 3.51. The molecular formula is C31H34BrN3O7. The Kier molecular flexibility index (Phi) is 8.54. The highest BCUT2D eigenvalue weighted by atomic mass is 79.9. The van der Waals surface area contributed by atoms with E-state index in [1.807, 2.05) is 6.07 Å². The molecule has 2 aromatic carbocycles. The van der Waals surface area contributed by atoms with Crippen LogP contribution in [0, 0.1) is 5.92 Å². The van der Waals surface area contributed by atoms with Gasteiger partial charge in [0.25, 0.3) is 5.91 Å². The van der Waals surface area contributed by atoms with Gasteiger partial charge >= 0.3 is 5.97 Å². The molecule has 3 aliphatic heterocycles. The van der Waals surface area contributed by atoms with Crippen molar-refractivity contribution in [3.8, 4) is 0 Å². The number of aliphatic hydroxyl groups excluding tert-OH is 1. The smallest absolute Gasteiger partial charge is 0.304 e. The Morgan fingerprint density at radius 1 is 1.21 bits per heavy atom. The van der Waals surface area contributed by atoms with Gasteiger partial charge < -0.3 is 24.7 Å². The molecule has 3 heterocycles. The molecule has 0 aromatic heterocycles. The van der Waals surface area contributed by atoms with E-state index in [2.05, 4.69) is 15.9 Å². The summed E-state index contributed by atoms with van der Waals surface area (Å²) in [6, 6.07) is 12.2. The monoisotopic (exact) mass is 639 g/mol. The zero-order valence-corrected chi connectivity index (χ0v) is 25.1. The molecule has 11 heteroatoms. The molecule has 0 saturated carbocycles. The van der Waals surface area contributed by atoms with Crippen LogP contribution in [-0.2, 0) is 36.1 Å². The average molecular weight is 641 g/mol. The summed E-state index contributed by atoms with van der Waals surface area (Å²) in [4.78, 5) is 55.0. The third-order valence-corrected chi connectivity index (χ3v) is 8.75. The van der Waals surface area contributed by atoms with Gasteiger partial charge in [-0.25, -0.2) is 0 Å². The maximum Gasteiger partial charge on any atom is 0.304 e. The normalized spacial score (nSPS) is 24.3. The fourth-order valence-corrected chi connectivity index (χ4v) is 6.39. The Morgan fingerprint density at radius 3 is 2.71 bits per heavy atom. The fraction of sp³-hybridized carbons (Fsp3) is 0.419. The van der Waals surface area contributed by atoms with Crippen LogP contribution in [0.3, 0.4) is 0 Å². The Bertz CT molecular complexity index is 1450. The van der Waals surface area contributed by atoms with E-state index in [1.54, 1.807) is 60.4 Å². The lowest BCUT2D eigenvalue weighted by atomic mass is 9.83. The molecular weight excluding hydrogens is 606 g/mol. The Morgan fingerprint density at radius 2 is 2.00 bits per heavy atom. The topological polar surface area (TPSA) is 128 Å². The second-order valence-corrected chi connectivity index (χ2v) is 11.9. The number of aliphatic hydroxyl groups is 2. The zero-order valence-electron chi connectivity index (χ0n) is 23.5. The van der Waals surface area contributed by atoms with Gasteiger partial charge in [-0.1, -0.05) is 47.1 Å². The van der Waals surface area contributed by atoms with Crippen molar-refractivity contribution in [2.24, 2.45) is 5.92 Å². The molecule has 1 unspecified atom stereocenters. The summed E-state index contributed by atoms with van der Waals surface area (Å²) >= 11 is 3.46. The predicted octanol–water partition coefficient (Wildman–Crippen LogP) is 3.38. The van der Waals surface area contributed by atoms with Crippen molar-refractivity contribution in [1.82, 2.24) is 4.90 Å². The number of carbonyl (C=O) groups is 4. The molecule has 3 aliphatic rings. The molecule has 5 rings (SSSR count). The number of benzene rings is 2. The number of fused-ring (bicyclic) bond motifs is 1. The number of β-lactam (4-membered cyclic amide) rings is 1. The van der Waals surface area contributed by atoms with Crippen molar-refractivity contribution in [3.05, 3.63) is 70.2 Å². The molecule has 0 spiro atoms. The van der Waals surface area contributed by atoms with Crippen molar-refractivity contribution in [2.45, 2.75) is 63.9 Å². The minimum absolute atomic E-state index is 0.0639. The number of esters is 1. The highest BCUT2D eigenvalue weighted by Gasteiger charge is 2.52. The molecule has 222 valence electrons. The van der Waals surface area contributed by atoms with E-state index < -0.39 is 29.6 Å². The standard InChI is InChI=1S/C31H34BrN3O7/c1-19(6-3-10-27(38)33-13-5-9-24(33)18-36)31(41)25-15-22(32)11-12-26(25)34(30(31)40)17-21-7-4-8-23(14-21)35-28(39)16-29(35)42-20(2)37/h3-4,6-8,11-12,14-15,19,24,29,36,41H,5,9-10,13,16-18H2,1-2H3/b6-3+/t19-,24+,29?,31+/m1/s1. The quantitative estimate of drug-likeness (QED) is 0.245. The molecule has 2 saturated heterocycles. The molecule has 0 bridgehead atoms. The second-order valence-electron chi connectivity index (χ2n) is 11.0. The second kappa shape index (κ2) is 12.0. The van der Waals surface area contributed by atoms with E-state index in [0.717, 1.165) is 18.4 Å². The summed E-state index contributed by atoms with van der Waals surface area (Å²) in [6.45, 7) is 3.72. The summed E-state index contributed by atoms with van der Waals surface area (Å²) in [5.41, 5.74) is 0.418. The van der Waals surface area contributed by atoms with E-state index in [4.69, 9.17) is 4.74 Å². The number of amides is 3. The van der Waals surface area contributed by atoms with Crippen molar-refractivity contribution >= 4 is 51.0 Å². The Labute approximate surface area is 252 Å². The molecule has 4 atom stereocenters. The van der Waals surface area contributed by atoms with Gasteiger partial charge in [-0.05, 0) is 48.7 Å². The minimum Gasteiger partial charge on any atom is -0.441 e. The van der Waals surface area contributed by atoms with Crippen LogP contribution in [0.15, 0.2) is 59.1 Å². The number of likely N-dealkylation sites (tertiary alicyclic amines) is 1. The highest BCUT2D eigenvalue weighted by Crippen LogP contribution is 2.47. The lowest BCUT2D eigenvalue weighted by Crippen LogP contribution is -2.54. The van der Waals surface area contributed by atoms with Gasteiger partial charge in [0.1, 0.15) is 0 Å². The Balaban J connectivity index is 1.36. The molecule has 2 fully saturated rings. The number of hydrogen-bond acceptors (Lipinski definition) is 7. The summed E-state index contributed by atoms with van der Waals surface area (Å²) in [7, 11) is 0. The fourth-order valence-electron chi connectivity index (χ4n) is 6.03. The van der Waals surface area contributed by atoms with Crippen molar-refractivity contribution in [3.63, 3.8) is 0 Å². The van der Waals surface area contributed by atoms with Gasteiger partial charge in [-0.3, -0.25) is 24.1 Å². The van der Waals surface area contributed by atoms with Gasteiger partial charge in [-0.2, -0.15) is 0 Å². The number of nitrogens with zero attached hydrogens (tertiary/aromatic N) is 3. The maximum absolute atomic E-state index is 13.9. The molecule has 42 heavy (non-hydrogen) atoms. The maximum atomic E-state index is 13.9. The van der Waals surface area contributed by atoms with Crippen molar-refractivity contribution in [2.75, 3.05) is 23.0 Å². The SMILES string of the molecule is CC(=O)OC1CC(=O)N1c1cccc(CN2C(=O)[C@](O)([C@H](C)/C=C/CC(=O)N3CCC[C@H]3CO)c3cc(Br)ccc32)c1. The number of ether oxygens (including phenoxy) is 1. The Hall–Kier alpha value is -3.54. The summed E-state index contributed by atoms with van der Waals surface area (Å²) < 4.78 is 5.94.